The highest BCUT2D eigenvalue weighted by Crippen LogP contribution is 2.29. The number of thiophene rings is 1. The van der Waals surface area contributed by atoms with E-state index in [1.165, 1.54) is 5.56 Å². The van der Waals surface area contributed by atoms with E-state index in [1.54, 1.807) is 20.8 Å². The van der Waals surface area contributed by atoms with Crippen molar-refractivity contribution >= 4 is 33.1 Å². The Labute approximate surface area is 184 Å². The monoisotopic (exact) mass is 438 g/mol. The molecule has 162 valence electrons. The van der Waals surface area contributed by atoms with Crippen LogP contribution in [0.3, 0.4) is 0 Å². The Hall–Kier alpha value is -2.55. The highest BCUT2D eigenvalue weighted by Gasteiger charge is 2.27. The summed E-state index contributed by atoms with van der Waals surface area (Å²) in [5, 5.41) is 0.642. The van der Waals surface area contributed by atoms with Crippen molar-refractivity contribution in [3.63, 3.8) is 0 Å². The molecule has 0 N–H and O–H groups in total. The second kappa shape index (κ2) is 8.18. The minimum absolute atomic E-state index is 0.00408. The third kappa shape index (κ3) is 3.69. The molecule has 0 aliphatic carbocycles. The Bertz CT molecular complexity index is 1210. The third-order valence-electron chi connectivity index (χ3n) is 6.32. The lowest BCUT2D eigenvalue weighted by atomic mass is 10.2. The maximum Gasteiger partial charge on any atom is 0.263 e. The molecule has 2 aliphatic rings. The second-order valence-electron chi connectivity index (χ2n) is 8.20. The summed E-state index contributed by atoms with van der Waals surface area (Å²) in [6.07, 6.45) is 0.845. The predicted octanol–water partition coefficient (Wildman–Crippen LogP) is 2.50. The number of ether oxygens (including phenoxy) is 1. The van der Waals surface area contributed by atoms with Crippen LogP contribution in [0.1, 0.15) is 21.8 Å². The molecule has 1 amide bonds. The second-order valence-corrected chi connectivity index (χ2v) is 9.40. The van der Waals surface area contributed by atoms with Crippen LogP contribution in [0.4, 0.5) is 5.69 Å². The minimum atomic E-state index is -0.115. The van der Waals surface area contributed by atoms with Crippen LogP contribution in [0, 0.1) is 13.8 Å². The quantitative estimate of drug-likeness (QED) is 0.626. The molecule has 1 aromatic carbocycles. The van der Waals surface area contributed by atoms with Crippen LogP contribution in [0.25, 0.3) is 10.2 Å². The maximum absolute atomic E-state index is 13.5. The molecule has 0 unspecified atom stereocenters. The Morgan fingerprint density at radius 1 is 1.16 bits per heavy atom. The summed E-state index contributed by atoms with van der Waals surface area (Å²) in [4.78, 5) is 37.6. The van der Waals surface area contributed by atoms with Crippen LogP contribution in [0.2, 0.25) is 0 Å². The number of rotatable bonds is 4. The molecule has 2 aromatic heterocycles. The first-order valence-corrected chi connectivity index (χ1v) is 11.5. The van der Waals surface area contributed by atoms with Crippen LogP contribution < -0.4 is 10.5 Å². The standard InChI is InChI=1S/C23H26N4O3S/c1-15-16(2)31-22-21(15)23(29)27(19(24-22)13-25-9-11-30-12-10-25)14-20(28)26-8-7-17-5-3-4-6-18(17)26/h3-6H,7-14H2,1-2H3. The number of hydrogen-bond donors (Lipinski definition) is 0. The van der Waals surface area contributed by atoms with Crippen LogP contribution in [0.5, 0.6) is 0 Å². The first-order valence-electron chi connectivity index (χ1n) is 10.7. The molecule has 0 radical (unpaired) electrons. The van der Waals surface area contributed by atoms with Gasteiger partial charge in [-0.05, 0) is 37.5 Å². The highest BCUT2D eigenvalue weighted by molar-refractivity contribution is 7.18. The number of aryl methyl sites for hydroxylation is 2. The van der Waals surface area contributed by atoms with Crippen molar-refractivity contribution in [1.82, 2.24) is 14.5 Å². The van der Waals surface area contributed by atoms with E-state index in [1.807, 2.05) is 32.0 Å². The number of morpholine rings is 1. The van der Waals surface area contributed by atoms with E-state index >= 15 is 0 Å². The van der Waals surface area contributed by atoms with Gasteiger partial charge in [0.15, 0.2) is 0 Å². The zero-order valence-electron chi connectivity index (χ0n) is 17.9. The number of anilines is 1. The highest BCUT2D eigenvalue weighted by atomic mass is 32.1. The molecule has 8 heteroatoms. The number of amides is 1. The molecule has 0 bridgehead atoms. The van der Waals surface area contributed by atoms with E-state index in [9.17, 15) is 9.59 Å². The predicted molar refractivity (Wildman–Crippen MR) is 122 cm³/mol. The average molecular weight is 439 g/mol. The van der Waals surface area contributed by atoms with Gasteiger partial charge in [0.05, 0.1) is 25.1 Å². The van der Waals surface area contributed by atoms with Gasteiger partial charge in [0.1, 0.15) is 17.2 Å². The van der Waals surface area contributed by atoms with Crippen molar-refractivity contribution in [3.8, 4) is 0 Å². The summed E-state index contributed by atoms with van der Waals surface area (Å²) in [6, 6.07) is 7.98. The van der Waals surface area contributed by atoms with Crippen molar-refractivity contribution in [2.75, 3.05) is 37.7 Å². The molecule has 31 heavy (non-hydrogen) atoms. The Balaban J connectivity index is 1.53. The molecule has 0 saturated carbocycles. The lowest BCUT2D eigenvalue weighted by Crippen LogP contribution is -2.40. The van der Waals surface area contributed by atoms with Crippen molar-refractivity contribution < 1.29 is 9.53 Å². The van der Waals surface area contributed by atoms with Crippen molar-refractivity contribution in [2.45, 2.75) is 33.4 Å². The van der Waals surface area contributed by atoms with Crippen LogP contribution in [-0.2, 0) is 29.0 Å². The fourth-order valence-corrected chi connectivity index (χ4v) is 5.47. The zero-order valence-corrected chi connectivity index (χ0v) is 18.7. The molecule has 4 heterocycles. The van der Waals surface area contributed by atoms with E-state index in [0.717, 1.165) is 40.5 Å². The number of hydrogen-bond acceptors (Lipinski definition) is 6. The number of nitrogens with zero attached hydrogens (tertiary/aromatic N) is 4. The normalized spacial score (nSPS) is 16.8. The van der Waals surface area contributed by atoms with Gasteiger partial charge in [0, 0.05) is 30.2 Å². The van der Waals surface area contributed by atoms with E-state index < -0.39 is 0 Å². The molecule has 0 atom stereocenters. The zero-order chi connectivity index (χ0) is 21.5. The SMILES string of the molecule is Cc1sc2nc(CN3CCOCC3)n(CC(=O)N3CCc4ccccc43)c(=O)c2c1C. The molecular weight excluding hydrogens is 412 g/mol. The Morgan fingerprint density at radius 2 is 1.94 bits per heavy atom. The molecule has 1 saturated heterocycles. The van der Waals surface area contributed by atoms with Gasteiger partial charge in [0.25, 0.3) is 5.56 Å². The van der Waals surface area contributed by atoms with E-state index in [-0.39, 0.29) is 18.0 Å². The van der Waals surface area contributed by atoms with E-state index in [4.69, 9.17) is 9.72 Å². The molecule has 0 spiro atoms. The maximum atomic E-state index is 13.5. The number of benzene rings is 1. The van der Waals surface area contributed by atoms with Gasteiger partial charge in [-0.15, -0.1) is 11.3 Å². The molecule has 1 fully saturated rings. The van der Waals surface area contributed by atoms with Crippen molar-refractivity contribution in [1.29, 1.82) is 0 Å². The third-order valence-corrected chi connectivity index (χ3v) is 7.42. The number of carbonyl (C=O) groups excluding carboxylic acids is 1. The molecular formula is C23H26N4O3S. The Kier molecular flexibility index (Phi) is 5.37. The fourth-order valence-electron chi connectivity index (χ4n) is 4.43. The van der Waals surface area contributed by atoms with Crippen LogP contribution in [-0.4, -0.2) is 53.2 Å². The first-order chi connectivity index (χ1) is 15.0. The first kappa shape index (κ1) is 20.4. The largest absolute Gasteiger partial charge is 0.379 e. The van der Waals surface area contributed by atoms with E-state index in [0.29, 0.717) is 37.5 Å². The van der Waals surface area contributed by atoms with Gasteiger partial charge in [0.2, 0.25) is 5.91 Å². The summed E-state index contributed by atoms with van der Waals surface area (Å²) >= 11 is 1.55. The summed E-state index contributed by atoms with van der Waals surface area (Å²) in [5.41, 5.74) is 2.97. The smallest absolute Gasteiger partial charge is 0.263 e. The average Bonchev–Trinajstić information content (AvgIpc) is 3.32. The van der Waals surface area contributed by atoms with Crippen LogP contribution in [0.15, 0.2) is 29.1 Å². The van der Waals surface area contributed by atoms with Gasteiger partial charge < -0.3 is 9.64 Å². The lowest BCUT2D eigenvalue weighted by molar-refractivity contribution is -0.119. The summed E-state index contributed by atoms with van der Waals surface area (Å²) < 4.78 is 7.05. The summed E-state index contributed by atoms with van der Waals surface area (Å²) in [5.74, 6) is 0.586. The van der Waals surface area contributed by atoms with Gasteiger partial charge >= 0.3 is 0 Å². The van der Waals surface area contributed by atoms with Crippen molar-refractivity contribution in [2.24, 2.45) is 0 Å². The fraction of sp³-hybridized carbons (Fsp3) is 0.435. The summed E-state index contributed by atoms with van der Waals surface area (Å²) in [7, 11) is 0. The van der Waals surface area contributed by atoms with Gasteiger partial charge in [-0.1, -0.05) is 18.2 Å². The summed E-state index contributed by atoms with van der Waals surface area (Å²) in [6.45, 7) is 8.10. The molecule has 3 aromatic rings. The number of para-hydroxylation sites is 1. The van der Waals surface area contributed by atoms with Crippen LogP contribution >= 0.6 is 11.3 Å². The van der Waals surface area contributed by atoms with E-state index in [2.05, 4.69) is 11.0 Å². The van der Waals surface area contributed by atoms with Gasteiger partial charge in [-0.3, -0.25) is 19.1 Å². The van der Waals surface area contributed by atoms with Crippen molar-refractivity contribution in [3.05, 3.63) is 56.4 Å². The Morgan fingerprint density at radius 3 is 2.74 bits per heavy atom. The van der Waals surface area contributed by atoms with Gasteiger partial charge in [-0.25, -0.2) is 4.98 Å². The number of fused-ring (bicyclic) bond motifs is 2. The van der Waals surface area contributed by atoms with Gasteiger partial charge in [-0.2, -0.15) is 0 Å². The number of carbonyl (C=O) groups is 1. The lowest BCUT2D eigenvalue weighted by Gasteiger charge is -2.27. The number of aromatic nitrogens is 2. The molecule has 5 rings (SSSR count). The molecule has 7 nitrogen and oxygen atoms in total. The topological polar surface area (TPSA) is 67.7 Å². The minimum Gasteiger partial charge on any atom is -0.379 e. The molecule has 2 aliphatic heterocycles.